The van der Waals surface area contributed by atoms with E-state index in [2.05, 4.69) is 27.1 Å². The molecule has 2 aromatic heterocycles. The third-order valence-electron chi connectivity index (χ3n) is 3.34. The third kappa shape index (κ3) is 1.71. The average molecular weight is 231 g/mol. The molecule has 1 unspecified atom stereocenters. The zero-order valence-corrected chi connectivity index (χ0v) is 10.2. The van der Waals surface area contributed by atoms with Crippen LogP contribution in [-0.2, 0) is 0 Å². The number of nitrogens with one attached hydrogen (secondary N) is 1. The lowest BCUT2D eigenvalue weighted by Gasteiger charge is -2.18. The summed E-state index contributed by atoms with van der Waals surface area (Å²) < 4.78 is 2.02. The molecule has 2 aromatic rings. The number of aromatic nitrogens is 3. The van der Waals surface area contributed by atoms with Gasteiger partial charge in [0, 0.05) is 32.5 Å². The van der Waals surface area contributed by atoms with Gasteiger partial charge in [-0.1, -0.05) is 6.92 Å². The molecule has 1 atom stereocenters. The van der Waals surface area contributed by atoms with Crippen LogP contribution in [0, 0.1) is 5.92 Å². The van der Waals surface area contributed by atoms with Crippen molar-refractivity contribution in [3.63, 3.8) is 0 Å². The maximum Gasteiger partial charge on any atom is 0.180 e. The highest BCUT2D eigenvalue weighted by Crippen LogP contribution is 2.26. The van der Waals surface area contributed by atoms with Crippen LogP contribution in [0.3, 0.4) is 0 Å². The van der Waals surface area contributed by atoms with E-state index in [0.717, 1.165) is 36.3 Å². The predicted molar refractivity (Wildman–Crippen MR) is 68.5 cm³/mol. The van der Waals surface area contributed by atoms with Gasteiger partial charge in [-0.3, -0.25) is 0 Å². The van der Waals surface area contributed by atoms with Crippen molar-refractivity contribution in [3.8, 4) is 0 Å². The van der Waals surface area contributed by atoms with Gasteiger partial charge in [-0.25, -0.2) is 9.97 Å². The van der Waals surface area contributed by atoms with Crippen molar-refractivity contribution in [3.05, 3.63) is 18.6 Å². The van der Waals surface area contributed by atoms with Gasteiger partial charge in [0.1, 0.15) is 5.82 Å². The summed E-state index contributed by atoms with van der Waals surface area (Å²) in [5.41, 5.74) is 0.943. The quantitative estimate of drug-likeness (QED) is 0.853. The van der Waals surface area contributed by atoms with Crippen molar-refractivity contribution in [2.75, 3.05) is 30.4 Å². The third-order valence-corrected chi connectivity index (χ3v) is 3.34. The van der Waals surface area contributed by atoms with Crippen LogP contribution in [0.4, 0.5) is 11.6 Å². The molecule has 0 aliphatic carbocycles. The Labute approximate surface area is 100 Å². The molecule has 0 spiro atoms. The van der Waals surface area contributed by atoms with Crippen LogP contribution in [0.5, 0.6) is 0 Å². The van der Waals surface area contributed by atoms with Crippen LogP contribution in [0.1, 0.15) is 13.3 Å². The molecule has 17 heavy (non-hydrogen) atoms. The number of nitrogens with zero attached hydrogens (tertiary/aromatic N) is 4. The number of rotatable bonds is 2. The van der Waals surface area contributed by atoms with Crippen molar-refractivity contribution in [2.45, 2.75) is 13.3 Å². The largest absolute Gasteiger partial charge is 0.372 e. The van der Waals surface area contributed by atoms with Gasteiger partial charge >= 0.3 is 0 Å². The number of hydrogen-bond donors (Lipinski definition) is 1. The zero-order chi connectivity index (χ0) is 11.8. The minimum Gasteiger partial charge on any atom is -0.372 e. The van der Waals surface area contributed by atoms with Gasteiger partial charge in [0.15, 0.2) is 11.5 Å². The van der Waals surface area contributed by atoms with E-state index in [1.54, 1.807) is 0 Å². The Morgan fingerprint density at radius 2 is 2.35 bits per heavy atom. The van der Waals surface area contributed by atoms with Crippen LogP contribution in [0.2, 0.25) is 0 Å². The minimum atomic E-state index is 0.741. The van der Waals surface area contributed by atoms with Gasteiger partial charge < -0.3 is 14.6 Å². The van der Waals surface area contributed by atoms with Gasteiger partial charge in [0.05, 0.1) is 6.20 Å². The maximum absolute atomic E-state index is 4.64. The first kappa shape index (κ1) is 10.4. The number of fused-ring (bicyclic) bond motifs is 1. The monoisotopic (exact) mass is 231 g/mol. The smallest absolute Gasteiger partial charge is 0.180 e. The summed E-state index contributed by atoms with van der Waals surface area (Å²) in [7, 11) is 1.89. The van der Waals surface area contributed by atoms with Crippen LogP contribution in [0.15, 0.2) is 18.6 Å². The Bertz CT molecular complexity index is 533. The summed E-state index contributed by atoms with van der Waals surface area (Å²) in [6, 6.07) is 0. The molecule has 3 heterocycles. The molecule has 5 heteroatoms. The highest BCUT2D eigenvalue weighted by atomic mass is 15.3. The fourth-order valence-corrected chi connectivity index (χ4v) is 2.38. The van der Waals surface area contributed by atoms with Gasteiger partial charge in [0.2, 0.25) is 0 Å². The van der Waals surface area contributed by atoms with Crippen molar-refractivity contribution in [1.29, 1.82) is 0 Å². The molecule has 0 bridgehead atoms. The van der Waals surface area contributed by atoms with Crippen molar-refractivity contribution in [1.82, 2.24) is 14.4 Å². The lowest BCUT2D eigenvalue weighted by atomic mass is 10.2. The fourth-order valence-electron chi connectivity index (χ4n) is 2.38. The van der Waals surface area contributed by atoms with E-state index in [-0.39, 0.29) is 0 Å². The molecule has 1 aliphatic rings. The Morgan fingerprint density at radius 1 is 1.47 bits per heavy atom. The van der Waals surface area contributed by atoms with E-state index >= 15 is 0 Å². The maximum atomic E-state index is 4.64. The van der Waals surface area contributed by atoms with E-state index in [1.165, 1.54) is 6.42 Å². The molecule has 1 saturated heterocycles. The zero-order valence-electron chi connectivity index (χ0n) is 10.2. The molecule has 3 rings (SSSR count). The van der Waals surface area contributed by atoms with Crippen LogP contribution in [-0.4, -0.2) is 34.5 Å². The molecule has 0 amide bonds. The lowest BCUT2D eigenvalue weighted by Crippen LogP contribution is -2.21. The first-order valence-corrected chi connectivity index (χ1v) is 6.04. The van der Waals surface area contributed by atoms with Crippen molar-refractivity contribution >= 4 is 17.3 Å². The topological polar surface area (TPSA) is 45.5 Å². The van der Waals surface area contributed by atoms with E-state index in [9.17, 15) is 0 Å². The van der Waals surface area contributed by atoms with E-state index in [1.807, 2.05) is 30.0 Å². The van der Waals surface area contributed by atoms with Crippen LogP contribution in [0.25, 0.3) is 5.65 Å². The van der Waals surface area contributed by atoms with Crippen molar-refractivity contribution < 1.29 is 0 Å². The summed E-state index contributed by atoms with van der Waals surface area (Å²) in [6.45, 7) is 4.43. The van der Waals surface area contributed by atoms with Gasteiger partial charge in [0.25, 0.3) is 0 Å². The molecular formula is C12H17N5. The number of anilines is 2. The van der Waals surface area contributed by atoms with Crippen LogP contribution < -0.4 is 10.2 Å². The molecule has 1 aliphatic heterocycles. The summed E-state index contributed by atoms with van der Waals surface area (Å²) in [5, 5.41) is 3.10. The highest BCUT2D eigenvalue weighted by molar-refractivity contribution is 5.67. The lowest BCUT2D eigenvalue weighted by molar-refractivity contribution is 0.659. The summed E-state index contributed by atoms with van der Waals surface area (Å²) >= 11 is 0. The second-order valence-electron chi connectivity index (χ2n) is 4.70. The normalized spacial score (nSPS) is 20.1. The summed E-state index contributed by atoms with van der Waals surface area (Å²) in [5.74, 6) is 2.61. The van der Waals surface area contributed by atoms with E-state index in [0.29, 0.717) is 0 Å². The SMILES string of the molecule is CNc1cn2ccnc2c(N2CCC(C)C2)n1. The molecule has 0 aromatic carbocycles. The standard InChI is InChI=1S/C12H17N5/c1-9-3-5-16(7-9)12-11-14-4-6-17(11)8-10(13-2)15-12/h4,6,8-9,13H,3,5,7H2,1-2H3. The second-order valence-corrected chi connectivity index (χ2v) is 4.70. The van der Waals surface area contributed by atoms with Gasteiger partial charge in [-0.05, 0) is 12.3 Å². The van der Waals surface area contributed by atoms with Crippen molar-refractivity contribution in [2.24, 2.45) is 5.92 Å². The first-order chi connectivity index (χ1) is 8.28. The second kappa shape index (κ2) is 3.91. The first-order valence-electron chi connectivity index (χ1n) is 6.04. The Kier molecular flexibility index (Phi) is 2.39. The average Bonchev–Trinajstić information content (AvgIpc) is 2.95. The van der Waals surface area contributed by atoms with E-state index in [4.69, 9.17) is 0 Å². The Morgan fingerprint density at radius 3 is 3.06 bits per heavy atom. The highest BCUT2D eigenvalue weighted by Gasteiger charge is 2.22. The Hall–Kier alpha value is -1.78. The fraction of sp³-hybridized carbons (Fsp3) is 0.500. The molecule has 90 valence electrons. The molecule has 0 radical (unpaired) electrons. The number of imidazole rings is 1. The minimum absolute atomic E-state index is 0.741. The van der Waals surface area contributed by atoms with Gasteiger partial charge in [-0.2, -0.15) is 0 Å². The number of hydrogen-bond acceptors (Lipinski definition) is 4. The molecule has 0 saturated carbocycles. The molecular weight excluding hydrogens is 214 g/mol. The predicted octanol–water partition coefficient (Wildman–Crippen LogP) is 1.62. The molecule has 1 N–H and O–H groups in total. The van der Waals surface area contributed by atoms with Gasteiger partial charge in [-0.15, -0.1) is 0 Å². The molecule has 5 nitrogen and oxygen atoms in total. The van der Waals surface area contributed by atoms with Crippen LogP contribution >= 0.6 is 0 Å². The summed E-state index contributed by atoms with van der Waals surface area (Å²) in [6.07, 6.45) is 6.98. The molecule has 1 fully saturated rings. The van der Waals surface area contributed by atoms with E-state index < -0.39 is 0 Å². The summed E-state index contributed by atoms with van der Waals surface area (Å²) in [4.78, 5) is 11.4. The Balaban J connectivity index is 2.10.